The van der Waals surface area contributed by atoms with Crippen LogP contribution in [0.2, 0.25) is 0 Å². The van der Waals surface area contributed by atoms with E-state index in [-0.39, 0.29) is 72.1 Å². The Morgan fingerprint density at radius 1 is 0.705 bits per heavy atom. The first-order chi connectivity index (χ1) is 20.8. The second kappa shape index (κ2) is 9.09. The van der Waals surface area contributed by atoms with E-state index in [9.17, 15) is 50.8 Å². The molecule has 3 aromatic carbocycles. The van der Waals surface area contributed by atoms with Crippen LogP contribution in [0.1, 0.15) is 33.7 Å². The summed E-state index contributed by atoms with van der Waals surface area (Å²) in [5, 5.41) is 89.9. The molecule has 1 unspecified atom stereocenters. The Hall–Kier alpha value is -5.33. The largest absolute Gasteiger partial charge is 0.504 e. The molecule has 5 aliphatic rings. The van der Waals surface area contributed by atoms with E-state index in [1.54, 1.807) is 6.07 Å². The van der Waals surface area contributed by atoms with Crippen LogP contribution >= 0.6 is 0 Å². The van der Waals surface area contributed by atoms with Gasteiger partial charge in [0.25, 0.3) is 0 Å². The van der Waals surface area contributed by atoms with Crippen LogP contribution in [0.5, 0.6) is 40.2 Å². The number of ether oxygens (including phenoxy) is 2. The Bertz CT molecular complexity index is 1900. The predicted octanol–water partition coefficient (Wildman–Crippen LogP) is 2.40. The Morgan fingerprint density at radius 2 is 1.39 bits per heavy atom. The highest BCUT2D eigenvalue weighted by Gasteiger charge is 2.51. The van der Waals surface area contributed by atoms with Crippen molar-refractivity contribution in [2.24, 2.45) is 0 Å². The van der Waals surface area contributed by atoms with Crippen LogP contribution < -0.4 is 4.74 Å². The highest BCUT2D eigenvalue weighted by molar-refractivity contribution is 6.06. The number of aliphatic hydroxyl groups excluding tert-OH is 1. The molecular weight excluding hydrogens is 576 g/mol. The van der Waals surface area contributed by atoms with E-state index in [1.807, 2.05) is 0 Å². The summed E-state index contributed by atoms with van der Waals surface area (Å²) in [6, 6.07) is 8.54. The number of benzene rings is 3. The second-order valence-electron chi connectivity index (χ2n) is 11.6. The van der Waals surface area contributed by atoms with Crippen LogP contribution in [0.3, 0.4) is 0 Å². The maximum absolute atomic E-state index is 11.5. The Balaban J connectivity index is 0.000000142. The minimum absolute atomic E-state index is 0.0348. The fourth-order valence-corrected chi connectivity index (χ4v) is 6.78. The number of carbonyl (C=O) groups is 1. The van der Waals surface area contributed by atoms with Crippen molar-refractivity contribution >= 4 is 11.4 Å². The zero-order chi connectivity index (χ0) is 31.3. The molecule has 2 aliphatic heterocycles. The van der Waals surface area contributed by atoms with Gasteiger partial charge in [-0.2, -0.15) is 0 Å². The molecule has 9 N–H and O–H groups in total. The summed E-state index contributed by atoms with van der Waals surface area (Å²) in [5.74, 6) is -3.12. The van der Waals surface area contributed by atoms with Gasteiger partial charge in [0.1, 0.15) is 24.4 Å². The highest BCUT2D eigenvalue weighted by atomic mass is 16.5. The van der Waals surface area contributed by atoms with Crippen molar-refractivity contribution in [1.29, 1.82) is 0 Å². The topological polar surface area (TPSA) is 218 Å². The van der Waals surface area contributed by atoms with Crippen LogP contribution in [0, 0.1) is 0 Å². The maximum atomic E-state index is 11.5. The van der Waals surface area contributed by atoms with E-state index < -0.39 is 28.7 Å². The van der Waals surface area contributed by atoms with Gasteiger partial charge < -0.3 is 55.4 Å². The summed E-state index contributed by atoms with van der Waals surface area (Å²) in [6.45, 7) is -0.180. The molecule has 12 nitrogen and oxygen atoms in total. The smallest absolute Gasteiger partial charge is 0.224 e. The first-order valence-corrected chi connectivity index (χ1v) is 13.6. The second-order valence-corrected chi connectivity index (χ2v) is 11.6. The number of phenolic OH excluding ortho intramolecular Hbond substituents is 6. The van der Waals surface area contributed by atoms with Crippen LogP contribution in [0.15, 0.2) is 65.6 Å². The van der Waals surface area contributed by atoms with Crippen LogP contribution in [-0.4, -0.2) is 76.2 Å². The van der Waals surface area contributed by atoms with E-state index in [0.29, 0.717) is 39.0 Å². The summed E-state index contributed by atoms with van der Waals surface area (Å²) < 4.78 is 10.9. The molecule has 0 saturated carbocycles. The molecular formula is C32H26O12. The van der Waals surface area contributed by atoms with E-state index in [2.05, 4.69) is 0 Å². The van der Waals surface area contributed by atoms with Crippen molar-refractivity contribution in [3.05, 3.63) is 93.5 Å². The molecule has 0 saturated heterocycles. The predicted molar refractivity (Wildman–Crippen MR) is 151 cm³/mol. The van der Waals surface area contributed by atoms with Crippen molar-refractivity contribution < 1.29 is 60.2 Å². The van der Waals surface area contributed by atoms with E-state index in [0.717, 1.165) is 0 Å². The van der Waals surface area contributed by atoms with Gasteiger partial charge in [0.15, 0.2) is 40.3 Å². The lowest BCUT2D eigenvalue weighted by atomic mass is 9.80. The van der Waals surface area contributed by atoms with Crippen molar-refractivity contribution in [3.8, 4) is 40.2 Å². The van der Waals surface area contributed by atoms with Gasteiger partial charge in [0, 0.05) is 35.5 Å². The average molecular weight is 603 g/mol. The molecule has 2 heterocycles. The number of allylic oxidation sites excluding steroid dienone is 2. The number of phenols is 6. The van der Waals surface area contributed by atoms with E-state index in [4.69, 9.17) is 9.47 Å². The summed E-state index contributed by atoms with van der Waals surface area (Å²) in [6.07, 6.45) is 3.16. The number of hydrogen-bond acceptors (Lipinski definition) is 12. The van der Waals surface area contributed by atoms with Gasteiger partial charge in [0.2, 0.25) is 17.3 Å². The Kier molecular flexibility index (Phi) is 5.68. The van der Waals surface area contributed by atoms with Gasteiger partial charge in [-0.3, -0.25) is 4.79 Å². The Morgan fingerprint density at radius 3 is 2.14 bits per heavy atom. The number of fused-ring (bicyclic) bond motifs is 9. The van der Waals surface area contributed by atoms with E-state index >= 15 is 0 Å². The minimum Gasteiger partial charge on any atom is -0.504 e. The number of rotatable bonds is 0. The van der Waals surface area contributed by atoms with Gasteiger partial charge >= 0.3 is 0 Å². The van der Waals surface area contributed by atoms with Crippen LogP contribution in [0.25, 0.3) is 5.57 Å². The molecule has 0 fully saturated rings. The van der Waals surface area contributed by atoms with Gasteiger partial charge in [-0.15, -0.1) is 0 Å². The molecule has 44 heavy (non-hydrogen) atoms. The number of hydrogen-bond donors (Lipinski definition) is 9. The lowest BCUT2D eigenvalue weighted by Crippen LogP contribution is -2.43. The summed E-state index contributed by atoms with van der Waals surface area (Å²) in [7, 11) is 0. The number of aromatic hydroxyl groups is 6. The van der Waals surface area contributed by atoms with Gasteiger partial charge in [-0.25, -0.2) is 0 Å². The number of aliphatic hydroxyl groups is 3. The summed E-state index contributed by atoms with van der Waals surface area (Å²) in [4.78, 5) is 11.5. The summed E-state index contributed by atoms with van der Waals surface area (Å²) >= 11 is 0. The normalized spacial score (nSPS) is 25.4. The zero-order valence-electron chi connectivity index (χ0n) is 22.8. The molecule has 226 valence electrons. The number of carbonyl (C=O) groups excluding carboxylic acids is 1. The average Bonchev–Trinajstić information content (AvgIpc) is 3.43. The molecule has 12 heteroatoms. The van der Waals surface area contributed by atoms with Gasteiger partial charge in [-0.05, 0) is 64.7 Å². The quantitative estimate of drug-likeness (QED) is 0.170. The number of ketones is 1. The van der Waals surface area contributed by atoms with Gasteiger partial charge in [0.05, 0.1) is 0 Å². The molecule has 3 aliphatic carbocycles. The standard InChI is InChI=1S/C16H14O6.C16H12O6/c2*17-10-2-1-8-13-9-4-12(19)11(18)3-7(9)5-16(13,21)6-22-15(8)14(10)20/h1-4,13,17-21H,5-6H2;1-4,18-21H,5-6H2/t13-,16+;/m1./s1. The zero-order valence-corrected chi connectivity index (χ0v) is 22.8. The van der Waals surface area contributed by atoms with Crippen molar-refractivity contribution in [2.75, 3.05) is 13.2 Å². The molecule has 0 spiro atoms. The first-order valence-electron chi connectivity index (χ1n) is 13.6. The van der Waals surface area contributed by atoms with Crippen molar-refractivity contribution in [1.82, 2.24) is 0 Å². The third-order valence-corrected chi connectivity index (χ3v) is 8.74. The third kappa shape index (κ3) is 3.81. The molecule has 0 aromatic heterocycles. The molecule has 8 rings (SSSR count). The maximum Gasteiger partial charge on any atom is 0.224 e. The summed E-state index contributed by atoms with van der Waals surface area (Å²) in [5.41, 5.74) is 1.50. The monoisotopic (exact) mass is 602 g/mol. The van der Waals surface area contributed by atoms with Gasteiger partial charge in [-0.1, -0.05) is 6.07 Å². The first kappa shape index (κ1) is 27.5. The fraction of sp³-hybridized carbons (Fsp3) is 0.219. The third-order valence-electron chi connectivity index (χ3n) is 8.74. The SMILES string of the molecule is O=C1C=CC2=C3c4cc(O)c(O)cc4CC3(O)COC2=C1O.Oc1cc2c(cc1O)[C@H]1c3ccc(O)c(O)c3OC[C@@]1(O)C2. The molecule has 3 atom stereocenters. The van der Waals surface area contributed by atoms with Crippen LogP contribution in [-0.2, 0) is 22.4 Å². The lowest BCUT2D eigenvalue weighted by Gasteiger charge is -2.36. The van der Waals surface area contributed by atoms with E-state index in [1.165, 1.54) is 42.5 Å². The molecule has 3 aromatic rings. The van der Waals surface area contributed by atoms with Crippen molar-refractivity contribution in [2.45, 2.75) is 30.0 Å². The Labute approximate surface area is 248 Å². The minimum atomic E-state index is -1.33. The van der Waals surface area contributed by atoms with Crippen LogP contribution in [0.4, 0.5) is 0 Å². The lowest BCUT2D eigenvalue weighted by molar-refractivity contribution is -0.114. The molecule has 0 radical (unpaired) electrons. The molecule has 0 bridgehead atoms. The fourth-order valence-electron chi connectivity index (χ4n) is 6.78. The highest BCUT2D eigenvalue weighted by Crippen LogP contribution is 2.56. The molecule has 0 amide bonds. The van der Waals surface area contributed by atoms with Crippen molar-refractivity contribution in [3.63, 3.8) is 0 Å².